The Morgan fingerprint density at radius 1 is 1.29 bits per heavy atom. The number of nitrogens with two attached hydrogens (primary N) is 2. The smallest absolute Gasteiger partial charge is 0.322 e. The van der Waals surface area contributed by atoms with E-state index >= 15 is 4.39 Å². The first-order chi connectivity index (χ1) is 13.5. The molecule has 1 amide bonds. The number of amides is 1. The zero-order valence-electron chi connectivity index (χ0n) is 15.0. The highest BCUT2D eigenvalue weighted by Crippen LogP contribution is 2.45. The van der Waals surface area contributed by atoms with Gasteiger partial charge in [-0.15, -0.1) is 0 Å². The number of aromatic nitrogens is 2. The van der Waals surface area contributed by atoms with Gasteiger partial charge in [0.05, 0.1) is 12.2 Å². The molecule has 0 spiro atoms. The van der Waals surface area contributed by atoms with E-state index < -0.39 is 11.7 Å². The van der Waals surface area contributed by atoms with E-state index in [0.717, 1.165) is 24.8 Å². The molecule has 0 atom stereocenters. The van der Waals surface area contributed by atoms with Crippen LogP contribution in [0.15, 0.2) is 41.8 Å². The highest BCUT2D eigenvalue weighted by molar-refractivity contribution is 5.90. The Morgan fingerprint density at radius 3 is 2.79 bits per heavy atom. The first-order valence-electron chi connectivity index (χ1n) is 8.91. The van der Waals surface area contributed by atoms with Crippen molar-refractivity contribution in [3.63, 3.8) is 0 Å². The molecule has 1 aromatic carbocycles. The van der Waals surface area contributed by atoms with Crippen molar-refractivity contribution in [2.45, 2.75) is 25.2 Å². The van der Waals surface area contributed by atoms with Crippen LogP contribution in [-0.2, 0) is 0 Å². The van der Waals surface area contributed by atoms with Crippen molar-refractivity contribution in [3.8, 4) is 11.8 Å². The molecule has 4 rings (SSSR count). The molecular weight excluding hydrogens is 363 g/mol. The predicted octanol–water partition coefficient (Wildman–Crippen LogP) is 2.42. The van der Waals surface area contributed by atoms with Crippen molar-refractivity contribution in [3.05, 3.63) is 53.9 Å². The molecule has 0 bridgehead atoms. The van der Waals surface area contributed by atoms with E-state index in [4.69, 9.17) is 16.2 Å². The second-order valence-corrected chi connectivity index (χ2v) is 6.68. The molecular formula is C19H19FN6O2. The van der Waals surface area contributed by atoms with E-state index in [9.17, 15) is 4.79 Å². The van der Waals surface area contributed by atoms with Crippen LogP contribution < -0.4 is 21.1 Å². The topological polar surface area (TPSA) is 120 Å². The van der Waals surface area contributed by atoms with Gasteiger partial charge in [0.2, 0.25) is 0 Å². The van der Waals surface area contributed by atoms with Crippen LogP contribution in [0.2, 0.25) is 0 Å². The Hall–Kier alpha value is -3.49. The fourth-order valence-electron chi connectivity index (χ4n) is 3.19. The molecule has 4 N–H and O–H groups in total. The molecule has 9 heteroatoms. The molecule has 8 nitrogen and oxygen atoms in total. The summed E-state index contributed by atoms with van der Waals surface area (Å²) in [4.78, 5) is 24.9. The van der Waals surface area contributed by atoms with Gasteiger partial charge in [0.1, 0.15) is 11.5 Å². The van der Waals surface area contributed by atoms with Crippen LogP contribution in [0.25, 0.3) is 0 Å². The number of carbonyl (C=O) groups excluding carboxylic acids is 1. The summed E-state index contributed by atoms with van der Waals surface area (Å²) in [5.74, 6) is -0.615. The van der Waals surface area contributed by atoms with Crippen LogP contribution >= 0.6 is 0 Å². The number of nitrogens with zero attached hydrogens (tertiary/aromatic N) is 4. The largest absolute Gasteiger partial charge is 0.421 e. The van der Waals surface area contributed by atoms with E-state index in [1.807, 2.05) is 6.07 Å². The van der Waals surface area contributed by atoms with Gasteiger partial charge in [0, 0.05) is 24.2 Å². The summed E-state index contributed by atoms with van der Waals surface area (Å²) in [6, 6.07) is 4.79. The standard InChI is InChI=1S/C19H19FN6O2/c20-16-14(26-9-8-23-15(21)10-26)5-4-12(11-2-1-3-11)17(16)28-19-24-7-6-13(25-19)18(22)27/h4-9,11H,1-3,10H2,(H2,21,23)(H2,22,27). The van der Waals surface area contributed by atoms with E-state index in [0.29, 0.717) is 11.5 Å². The van der Waals surface area contributed by atoms with Gasteiger partial charge in [0.15, 0.2) is 11.6 Å². The van der Waals surface area contributed by atoms with Crippen LogP contribution in [0.4, 0.5) is 10.1 Å². The van der Waals surface area contributed by atoms with Crippen LogP contribution in [-0.4, -0.2) is 28.3 Å². The molecule has 28 heavy (non-hydrogen) atoms. The lowest BCUT2D eigenvalue weighted by molar-refractivity contribution is 0.0994. The lowest BCUT2D eigenvalue weighted by Crippen LogP contribution is -2.32. The van der Waals surface area contributed by atoms with Crippen LogP contribution in [0.3, 0.4) is 0 Å². The number of rotatable bonds is 5. The molecule has 1 saturated carbocycles. The molecule has 0 saturated heterocycles. The van der Waals surface area contributed by atoms with Gasteiger partial charge < -0.3 is 21.1 Å². The summed E-state index contributed by atoms with van der Waals surface area (Å²) in [7, 11) is 0. The van der Waals surface area contributed by atoms with Crippen molar-refractivity contribution in [2.75, 3.05) is 11.4 Å². The summed E-state index contributed by atoms with van der Waals surface area (Å²) in [5.41, 5.74) is 12.1. The van der Waals surface area contributed by atoms with Gasteiger partial charge in [0.25, 0.3) is 5.91 Å². The maximum absolute atomic E-state index is 15.5. The zero-order valence-corrected chi connectivity index (χ0v) is 15.0. The molecule has 1 fully saturated rings. The number of benzene rings is 1. The third-order valence-corrected chi connectivity index (χ3v) is 4.86. The lowest BCUT2D eigenvalue weighted by atomic mass is 9.79. The van der Waals surface area contributed by atoms with Crippen molar-refractivity contribution in [1.29, 1.82) is 0 Å². The minimum atomic E-state index is -0.714. The van der Waals surface area contributed by atoms with Crippen LogP contribution in [0.1, 0.15) is 41.2 Å². The SMILES string of the molecule is NC(=O)c1ccnc(Oc2c(C3CCC3)ccc(N3C=CN=C(N)C3)c2F)n1. The number of ether oxygens (including phenoxy) is 1. The maximum Gasteiger partial charge on any atom is 0.322 e. The minimum Gasteiger partial charge on any atom is -0.421 e. The number of halogens is 1. The Balaban J connectivity index is 1.74. The first kappa shape index (κ1) is 17.9. The van der Waals surface area contributed by atoms with Crippen LogP contribution in [0.5, 0.6) is 11.8 Å². The second kappa shape index (κ2) is 7.26. The molecule has 1 aliphatic heterocycles. The first-order valence-corrected chi connectivity index (χ1v) is 8.91. The molecule has 2 aliphatic rings. The quantitative estimate of drug-likeness (QED) is 0.819. The van der Waals surface area contributed by atoms with Gasteiger partial charge in [-0.05, 0) is 30.9 Å². The van der Waals surface area contributed by atoms with Gasteiger partial charge in [-0.25, -0.2) is 14.4 Å². The predicted molar refractivity (Wildman–Crippen MR) is 102 cm³/mol. The number of aliphatic imine (C=N–C) groups is 1. The van der Waals surface area contributed by atoms with E-state index in [2.05, 4.69) is 15.0 Å². The number of carbonyl (C=O) groups is 1. The molecule has 0 unspecified atom stereocenters. The van der Waals surface area contributed by atoms with Crippen molar-refractivity contribution < 1.29 is 13.9 Å². The number of hydrogen-bond acceptors (Lipinski definition) is 7. The molecule has 0 radical (unpaired) electrons. The molecule has 1 aliphatic carbocycles. The Morgan fingerprint density at radius 2 is 2.11 bits per heavy atom. The normalized spacial score (nSPS) is 16.5. The highest BCUT2D eigenvalue weighted by atomic mass is 19.1. The monoisotopic (exact) mass is 382 g/mol. The minimum absolute atomic E-state index is 0.00490. The highest BCUT2D eigenvalue weighted by Gasteiger charge is 2.28. The second-order valence-electron chi connectivity index (χ2n) is 6.68. The number of primary amides is 1. The third kappa shape index (κ3) is 3.38. The molecule has 2 heterocycles. The fraction of sp³-hybridized carbons (Fsp3) is 0.263. The molecule has 2 aromatic rings. The molecule has 144 valence electrons. The number of anilines is 1. The summed E-state index contributed by atoms with van der Waals surface area (Å²) >= 11 is 0. The maximum atomic E-state index is 15.5. The molecule has 1 aromatic heterocycles. The third-order valence-electron chi connectivity index (χ3n) is 4.86. The Kier molecular flexibility index (Phi) is 4.64. The van der Waals surface area contributed by atoms with E-state index in [1.165, 1.54) is 18.5 Å². The summed E-state index contributed by atoms with van der Waals surface area (Å²) in [5, 5.41) is 0. The lowest BCUT2D eigenvalue weighted by Gasteiger charge is -2.29. The average molecular weight is 382 g/mol. The number of hydrogen-bond donors (Lipinski definition) is 2. The van der Waals surface area contributed by atoms with Gasteiger partial charge in [-0.3, -0.25) is 4.79 Å². The van der Waals surface area contributed by atoms with Crippen molar-refractivity contribution >= 4 is 17.4 Å². The Labute approximate surface area is 160 Å². The van der Waals surface area contributed by atoms with E-state index in [1.54, 1.807) is 17.2 Å². The van der Waals surface area contributed by atoms with Gasteiger partial charge in [-0.2, -0.15) is 4.98 Å². The Bertz CT molecular complexity index is 986. The number of amidine groups is 1. The zero-order chi connectivity index (χ0) is 19.7. The fourth-order valence-corrected chi connectivity index (χ4v) is 3.19. The van der Waals surface area contributed by atoms with E-state index in [-0.39, 0.29) is 29.9 Å². The summed E-state index contributed by atoms with van der Waals surface area (Å²) < 4.78 is 21.2. The average Bonchev–Trinajstić information content (AvgIpc) is 2.63. The summed E-state index contributed by atoms with van der Waals surface area (Å²) in [6.07, 6.45) is 7.51. The summed E-state index contributed by atoms with van der Waals surface area (Å²) in [6.45, 7) is 0.267. The van der Waals surface area contributed by atoms with Crippen molar-refractivity contribution in [2.24, 2.45) is 16.5 Å². The van der Waals surface area contributed by atoms with Crippen LogP contribution in [0, 0.1) is 5.82 Å². The van der Waals surface area contributed by atoms with Gasteiger partial charge >= 0.3 is 6.01 Å². The van der Waals surface area contributed by atoms with Gasteiger partial charge in [-0.1, -0.05) is 12.5 Å². The van der Waals surface area contributed by atoms with Crippen molar-refractivity contribution in [1.82, 2.24) is 9.97 Å².